The van der Waals surface area contributed by atoms with E-state index in [0.717, 1.165) is 35.6 Å². The number of anilines is 1. The molecule has 6 amide bonds. The number of ether oxygens (including phenoxy) is 2. The van der Waals surface area contributed by atoms with Crippen molar-refractivity contribution < 1.29 is 38.2 Å². The number of fused-ring (bicyclic) bond motifs is 2. The van der Waals surface area contributed by atoms with Crippen molar-refractivity contribution in [1.82, 2.24) is 44.7 Å². The molecule has 0 bridgehead atoms. The molecule has 0 aliphatic carbocycles. The first-order valence-electron chi connectivity index (χ1n) is 22.3. The highest BCUT2D eigenvalue weighted by Gasteiger charge is 2.45. The van der Waals surface area contributed by atoms with Gasteiger partial charge in [-0.3, -0.25) is 43.9 Å². The fourth-order valence-electron chi connectivity index (χ4n) is 9.04. The number of nitrogens with zero attached hydrogens (tertiary/aromatic N) is 8. The molecule has 3 fully saturated rings. The number of piperidine rings is 2. The highest BCUT2D eigenvalue weighted by Crippen LogP contribution is 2.36. The summed E-state index contributed by atoms with van der Waals surface area (Å²) in [5.41, 5.74) is 9.04. The normalized spacial score (nSPS) is 19.1. The van der Waals surface area contributed by atoms with Crippen molar-refractivity contribution >= 4 is 64.1 Å². The number of rotatable bonds is 15. The largest absolute Gasteiger partial charge is 0.457 e. The maximum Gasteiger partial charge on any atom is 0.263 e. The van der Waals surface area contributed by atoms with Gasteiger partial charge in [0.1, 0.15) is 42.0 Å². The van der Waals surface area contributed by atoms with Crippen LogP contribution >= 0.6 is 11.8 Å². The van der Waals surface area contributed by atoms with Gasteiger partial charge in [0.25, 0.3) is 11.8 Å². The third-order valence-corrected chi connectivity index (χ3v) is 13.5. The molecular formula is C47H50N10O8S. The van der Waals surface area contributed by atoms with Crippen molar-refractivity contribution in [1.29, 1.82) is 0 Å². The Labute approximate surface area is 384 Å². The molecule has 3 aromatic carbocycles. The van der Waals surface area contributed by atoms with E-state index in [1.165, 1.54) is 18.1 Å². The Morgan fingerprint density at radius 2 is 1.62 bits per heavy atom. The van der Waals surface area contributed by atoms with Gasteiger partial charge in [0, 0.05) is 68.3 Å². The summed E-state index contributed by atoms with van der Waals surface area (Å²) in [5.74, 6) is 0.0259. The molecule has 5 aromatic rings. The molecular weight excluding hydrogens is 865 g/mol. The number of piperazine rings is 1. The van der Waals surface area contributed by atoms with E-state index in [1.54, 1.807) is 23.1 Å². The second-order valence-corrected chi connectivity index (χ2v) is 17.8. The summed E-state index contributed by atoms with van der Waals surface area (Å²) in [4.78, 5) is 93.5. The molecule has 19 heteroatoms. The predicted molar refractivity (Wildman–Crippen MR) is 243 cm³/mol. The number of carbonyl (C=O) groups excluding carboxylic acids is 6. The number of hydrogen-bond donors (Lipinski definition) is 2. The Bertz CT molecular complexity index is 2650. The number of nitrogen functional groups attached to an aromatic ring is 1. The number of amides is 6. The topological polar surface area (TPSA) is 215 Å². The van der Waals surface area contributed by atoms with Crippen LogP contribution in [0.2, 0.25) is 0 Å². The lowest BCUT2D eigenvalue weighted by Gasteiger charge is -2.35. The Morgan fingerprint density at radius 3 is 2.41 bits per heavy atom. The fraction of sp³-hybridized carbons (Fsp3) is 0.383. The highest BCUT2D eigenvalue weighted by molar-refractivity contribution is 7.99. The number of aromatic nitrogens is 4. The standard InChI is InChI=1S/C47H50N10O8S/c48-43-41-42(30-13-15-33(16-14-30)65-32-8-2-1-3-9-32)52-57(44(41)50-29-49-43)31-7-5-20-55(27-31)38(59)12-6-19-53-21-23-54(24-22-53)39(60)28-64-25-26-66-36-11-4-10-34-40(36)47(63)56(46(34)62)35-17-18-37(58)51-45(35)61/h1-4,8-11,13-16,29,31,35H,5-7,12,17-28H2,(H2,48,49,50)(H,51,58,61)/t31-,35?/m1/s1. The second kappa shape index (κ2) is 19.8. The number of nitrogens with one attached hydrogen (secondary N) is 1. The second-order valence-electron chi connectivity index (χ2n) is 16.7. The number of para-hydroxylation sites is 1. The zero-order valence-corrected chi connectivity index (χ0v) is 37.1. The average molecular weight is 915 g/mol. The van der Waals surface area contributed by atoms with Gasteiger partial charge >= 0.3 is 0 Å². The number of thioether (sulfide) groups is 1. The maximum atomic E-state index is 13.6. The number of carbonyl (C=O) groups is 6. The molecule has 342 valence electrons. The van der Waals surface area contributed by atoms with Crippen LogP contribution < -0.4 is 15.8 Å². The molecule has 4 aliphatic rings. The van der Waals surface area contributed by atoms with Gasteiger partial charge in [-0.05, 0) is 80.8 Å². The van der Waals surface area contributed by atoms with Gasteiger partial charge < -0.3 is 25.0 Å². The average Bonchev–Trinajstić information content (AvgIpc) is 3.85. The maximum absolute atomic E-state index is 13.6. The molecule has 2 aromatic heterocycles. The number of benzene rings is 3. The van der Waals surface area contributed by atoms with E-state index in [0.29, 0.717) is 91.1 Å². The summed E-state index contributed by atoms with van der Waals surface area (Å²) in [5, 5.41) is 7.92. The number of hydrogen-bond acceptors (Lipinski definition) is 14. The Morgan fingerprint density at radius 1 is 0.833 bits per heavy atom. The minimum atomic E-state index is -1.03. The first kappa shape index (κ1) is 44.5. The molecule has 0 radical (unpaired) electrons. The Hall–Kier alpha value is -6.70. The van der Waals surface area contributed by atoms with Crippen LogP contribution in [0, 0.1) is 0 Å². The van der Waals surface area contributed by atoms with E-state index < -0.39 is 29.7 Å². The first-order chi connectivity index (χ1) is 32.1. The van der Waals surface area contributed by atoms with Crippen LogP contribution in [0.3, 0.4) is 0 Å². The predicted octanol–water partition coefficient (Wildman–Crippen LogP) is 4.17. The summed E-state index contributed by atoms with van der Waals surface area (Å²) >= 11 is 1.33. The van der Waals surface area contributed by atoms with Crippen LogP contribution in [0.25, 0.3) is 22.3 Å². The SMILES string of the molecule is Nc1ncnc2c1c(-c1ccc(Oc3ccccc3)cc1)nn2[C@@H]1CCCN(C(=O)CCCN2CCN(C(=O)COCCSc3cccc4c3C(=O)N(C3CCC(=O)NC3=O)C4=O)CC2)C1. The lowest BCUT2D eigenvalue weighted by molar-refractivity contribution is -0.138. The van der Waals surface area contributed by atoms with E-state index >= 15 is 0 Å². The quantitative estimate of drug-likeness (QED) is 0.0857. The van der Waals surface area contributed by atoms with E-state index in [1.807, 2.05) is 64.2 Å². The van der Waals surface area contributed by atoms with Gasteiger partial charge in [0.05, 0.1) is 29.2 Å². The zero-order chi connectivity index (χ0) is 45.7. The van der Waals surface area contributed by atoms with Crippen molar-refractivity contribution in [2.45, 2.75) is 55.5 Å². The highest BCUT2D eigenvalue weighted by atomic mass is 32.2. The van der Waals surface area contributed by atoms with E-state index in [9.17, 15) is 28.8 Å². The zero-order valence-electron chi connectivity index (χ0n) is 36.3. The third-order valence-electron chi connectivity index (χ3n) is 12.5. The molecule has 6 heterocycles. The summed E-state index contributed by atoms with van der Waals surface area (Å²) in [6, 6.07) is 21.1. The van der Waals surface area contributed by atoms with Crippen molar-refractivity contribution in [3.63, 3.8) is 0 Å². The van der Waals surface area contributed by atoms with Crippen molar-refractivity contribution in [2.75, 3.05) is 70.5 Å². The number of imide groups is 2. The molecule has 66 heavy (non-hydrogen) atoms. The Balaban J connectivity index is 0.701. The van der Waals surface area contributed by atoms with Crippen LogP contribution in [0.15, 0.2) is 84.0 Å². The first-order valence-corrected chi connectivity index (χ1v) is 23.3. The summed E-state index contributed by atoms with van der Waals surface area (Å²) < 4.78 is 13.6. The van der Waals surface area contributed by atoms with Crippen LogP contribution in [-0.2, 0) is 23.9 Å². The van der Waals surface area contributed by atoms with E-state index in [4.69, 9.17) is 20.3 Å². The van der Waals surface area contributed by atoms with Crippen LogP contribution in [-0.4, -0.2) is 146 Å². The third kappa shape index (κ3) is 9.50. The van der Waals surface area contributed by atoms with Gasteiger partial charge in [-0.15, -0.1) is 11.8 Å². The van der Waals surface area contributed by atoms with Gasteiger partial charge in [0.2, 0.25) is 23.6 Å². The van der Waals surface area contributed by atoms with Crippen LogP contribution in [0.1, 0.15) is 65.3 Å². The van der Waals surface area contributed by atoms with Gasteiger partial charge in [-0.1, -0.05) is 24.3 Å². The molecule has 9 rings (SSSR count). The van der Waals surface area contributed by atoms with Crippen LogP contribution in [0.4, 0.5) is 5.82 Å². The van der Waals surface area contributed by atoms with Crippen LogP contribution in [0.5, 0.6) is 11.5 Å². The number of likely N-dealkylation sites (tertiary alicyclic amines) is 1. The summed E-state index contributed by atoms with van der Waals surface area (Å²) in [6.45, 7) is 4.65. The van der Waals surface area contributed by atoms with E-state index in [2.05, 4.69) is 20.2 Å². The molecule has 3 saturated heterocycles. The molecule has 0 saturated carbocycles. The lowest BCUT2D eigenvalue weighted by Crippen LogP contribution is -2.54. The van der Waals surface area contributed by atoms with Gasteiger partial charge in [-0.25, -0.2) is 14.6 Å². The van der Waals surface area contributed by atoms with Crippen molar-refractivity contribution in [3.05, 3.63) is 90.3 Å². The minimum absolute atomic E-state index is 0.0498. The van der Waals surface area contributed by atoms with Crippen molar-refractivity contribution in [2.24, 2.45) is 0 Å². The minimum Gasteiger partial charge on any atom is -0.457 e. The number of nitrogens with two attached hydrogens (primary N) is 1. The summed E-state index contributed by atoms with van der Waals surface area (Å²) in [7, 11) is 0. The molecule has 18 nitrogen and oxygen atoms in total. The van der Waals surface area contributed by atoms with Gasteiger partial charge in [0.15, 0.2) is 5.65 Å². The lowest BCUT2D eigenvalue weighted by atomic mass is 10.0. The fourth-order valence-corrected chi connectivity index (χ4v) is 9.97. The molecule has 2 atom stereocenters. The molecule has 0 spiro atoms. The van der Waals surface area contributed by atoms with Crippen molar-refractivity contribution in [3.8, 4) is 22.8 Å². The van der Waals surface area contributed by atoms with Gasteiger partial charge in [-0.2, -0.15) is 5.10 Å². The Kier molecular flexibility index (Phi) is 13.4. The molecule has 4 aliphatic heterocycles. The monoisotopic (exact) mass is 914 g/mol. The smallest absolute Gasteiger partial charge is 0.263 e. The molecule has 3 N–H and O–H groups in total. The summed E-state index contributed by atoms with van der Waals surface area (Å²) in [6.07, 6.45) is 4.39. The van der Waals surface area contributed by atoms with E-state index in [-0.39, 0.29) is 55.0 Å². The molecule has 1 unspecified atom stereocenters.